The second kappa shape index (κ2) is 9.13. The zero-order valence-electron chi connectivity index (χ0n) is 17.5. The molecule has 0 unspecified atom stereocenters. The zero-order valence-corrected chi connectivity index (χ0v) is 17.5. The molecule has 32 heavy (non-hydrogen) atoms. The molecule has 2 amide bonds. The number of carbonyl (C=O) groups is 2. The summed E-state index contributed by atoms with van der Waals surface area (Å²) in [5.74, 6) is -0.648. The smallest absolute Gasteiger partial charge is 0.248 e. The highest BCUT2D eigenvalue weighted by molar-refractivity contribution is 5.93. The Labute approximate surface area is 185 Å². The number of hydrogen-bond acceptors (Lipinski definition) is 5. The highest BCUT2D eigenvalue weighted by atomic mass is 19.1. The van der Waals surface area contributed by atoms with Crippen LogP contribution in [0.2, 0.25) is 0 Å². The Kier molecular flexibility index (Phi) is 6.11. The first kappa shape index (κ1) is 21.4. The molecule has 1 aliphatic rings. The van der Waals surface area contributed by atoms with Gasteiger partial charge in [0.1, 0.15) is 5.82 Å². The number of amides is 2. The Balaban J connectivity index is 1.56. The molecule has 2 aromatic carbocycles. The SMILES string of the molecule is NC(=O)c1ccc(-c2cnc(N)nc2[C@H]2CCCN(C(=O)Cc3ccc(F)cc3)C2)cc1. The van der Waals surface area contributed by atoms with E-state index in [0.29, 0.717) is 18.7 Å². The summed E-state index contributed by atoms with van der Waals surface area (Å²) in [6.45, 7) is 1.18. The molecule has 0 radical (unpaired) electrons. The molecule has 164 valence electrons. The third-order valence-corrected chi connectivity index (χ3v) is 5.75. The Bertz CT molecular complexity index is 1130. The molecule has 4 rings (SSSR count). The van der Waals surface area contributed by atoms with Gasteiger partial charge in [0, 0.05) is 36.3 Å². The number of primary amides is 1. The Hall–Kier alpha value is -3.81. The molecule has 1 aliphatic heterocycles. The molecule has 0 aliphatic carbocycles. The van der Waals surface area contributed by atoms with Crippen molar-refractivity contribution >= 4 is 17.8 Å². The van der Waals surface area contributed by atoms with Crippen molar-refractivity contribution in [1.82, 2.24) is 14.9 Å². The number of halogens is 1. The van der Waals surface area contributed by atoms with Crippen molar-refractivity contribution in [3.05, 3.63) is 77.4 Å². The van der Waals surface area contributed by atoms with Crippen LogP contribution >= 0.6 is 0 Å². The number of benzene rings is 2. The molecule has 8 heteroatoms. The summed E-state index contributed by atoms with van der Waals surface area (Å²) < 4.78 is 13.1. The van der Waals surface area contributed by atoms with Crippen molar-refractivity contribution < 1.29 is 14.0 Å². The summed E-state index contributed by atoms with van der Waals surface area (Å²) in [6.07, 6.45) is 3.60. The fraction of sp³-hybridized carbons (Fsp3) is 0.250. The molecule has 1 aromatic heterocycles. The van der Waals surface area contributed by atoms with Crippen LogP contribution in [0.25, 0.3) is 11.1 Å². The molecule has 0 bridgehead atoms. The molecule has 1 saturated heterocycles. The molecule has 0 saturated carbocycles. The third-order valence-electron chi connectivity index (χ3n) is 5.75. The van der Waals surface area contributed by atoms with Gasteiger partial charge in [0.25, 0.3) is 0 Å². The van der Waals surface area contributed by atoms with Gasteiger partial charge in [-0.15, -0.1) is 0 Å². The molecular formula is C24H24FN5O2. The maximum atomic E-state index is 13.1. The van der Waals surface area contributed by atoms with Crippen LogP contribution in [-0.4, -0.2) is 39.8 Å². The topological polar surface area (TPSA) is 115 Å². The number of nitrogens with zero attached hydrogens (tertiary/aromatic N) is 3. The van der Waals surface area contributed by atoms with Crippen molar-refractivity contribution in [2.45, 2.75) is 25.2 Å². The first-order valence-electron chi connectivity index (χ1n) is 10.5. The lowest BCUT2D eigenvalue weighted by molar-refractivity contribution is -0.131. The molecule has 0 spiro atoms. The summed E-state index contributed by atoms with van der Waals surface area (Å²) >= 11 is 0. The lowest BCUT2D eigenvalue weighted by atomic mass is 9.89. The molecule has 7 nitrogen and oxygen atoms in total. The second-order valence-electron chi connectivity index (χ2n) is 7.95. The maximum absolute atomic E-state index is 13.1. The number of likely N-dealkylation sites (tertiary alicyclic amines) is 1. The molecule has 1 fully saturated rings. The molecule has 4 N–H and O–H groups in total. The lowest BCUT2D eigenvalue weighted by Crippen LogP contribution is -2.40. The van der Waals surface area contributed by atoms with Gasteiger partial charge in [-0.05, 0) is 48.2 Å². The Morgan fingerprint density at radius 1 is 1.09 bits per heavy atom. The molecule has 3 aromatic rings. The normalized spacial score (nSPS) is 16.0. The van der Waals surface area contributed by atoms with Crippen LogP contribution in [0.3, 0.4) is 0 Å². The summed E-state index contributed by atoms with van der Waals surface area (Å²) in [5, 5.41) is 0. The van der Waals surface area contributed by atoms with Crippen LogP contribution in [-0.2, 0) is 11.2 Å². The highest BCUT2D eigenvalue weighted by Gasteiger charge is 2.28. The van der Waals surface area contributed by atoms with Crippen LogP contribution in [0.5, 0.6) is 0 Å². The summed E-state index contributed by atoms with van der Waals surface area (Å²) in [7, 11) is 0. The number of carbonyl (C=O) groups excluding carboxylic acids is 2. The molecular weight excluding hydrogens is 409 g/mol. The van der Waals surface area contributed by atoms with Gasteiger partial charge in [-0.25, -0.2) is 14.4 Å². The number of anilines is 1. The quantitative estimate of drug-likeness (QED) is 0.642. The highest BCUT2D eigenvalue weighted by Crippen LogP contribution is 2.33. The van der Waals surface area contributed by atoms with E-state index >= 15 is 0 Å². The fourth-order valence-electron chi connectivity index (χ4n) is 4.07. The number of hydrogen-bond donors (Lipinski definition) is 2. The van der Waals surface area contributed by atoms with Gasteiger partial charge in [0.15, 0.2) is 0 Å². The predicted octanol–water partition coefficient (Wildman–Crippen LogP) is 2.91. The third kappa shape index (κ3) is 4.74. The van der Waals surface area contributed by atoms with E-state index in [-0.39, 0.29) is 30.0 Å². The van der Waals surface area contributed by atoms with Crippen molar-refractivity contribution in [2.24, 2.45) is 5.73 Å². The van der Waals surface area contributed by atoms with E-state index in [2.05, 4.69) is 9.97 Å². The van der Waals surface area contributed by atoms with Crippen LogP contribution in [0, 0.1) is 5.82 Å². The summed E-state index contributed by atoms with van der Waals surface area (Å²) in [4.78, 5) is 34.8. The zero-order chi connectivity index (χ0) is 22.7. The Morgan fingerprint density at radius 2 is 1.81 bits per heavy atom. The van der Waals surface area contributed by atoms with Crippen LogP contribution < -0.4 is 11.5 Å². The number of piperidine rings is 1. The van der Waals surface area contributed by atoms with E-state index in [9.17, 15) is 14.0 Å². The average Bonchev–Trinajstić information content (AvgIpc) is 2.80. The summed E-state index contributed by atoms with van der Waals surface area (Å²) in [5.41, 5.74) is 14.9. The van der Waals surface area contributed by atoms with Gasteiger partial charge in [0.05, 0.1) is 12.1 Å². The van der Waals surface area contributed by atoms with Gasteiger partial charge in [-0.3, -0.25) is 9.59 Å². The monoisotopic (exact) mass is 433 g/mol. The summed E-state index contributed by atoms with van der Waals surface area (Å²) in [6, 6.07) is 12.9. The van der Waals surface area contributed by atoms with Crippen molar-refractivity contribution in [1.29, 1.82) is 0 Å². The van der Waals surface area contributed by atoms with Crippen LogP contribution in [0.4, 0.5) is 10.3 Å². The van der Waals surface area contributed by atoms with Crippen LogP contribution in [0.1, 0.15) is 40.4 Å². The Morgan fingerprint density at radius 3 is 2.50 bits per heavy atom. The van der Waals surface area contributed by atoms with Gasteiger partial charge < -0.3 is 16.4 Å². The van der Waals surface area contributed by atoms with Crippen molar-refractivity contribution in [3.63, 3.8) is 0 Å². The predicted molar refractivity (Wildman–Crippen MR) is 119 cm³/mol. The fourth-order valence-corrected chi connectivity index (χ4v) is 4.07. The minimum absolute atomic E-state index is 0.00275. The number of nitrogen functional groups attached to an aromatic ring is 1. The van der Waals surface area contributed by atoms with E-state index < -0.39 is 5.91 Å². The van der Waals surface area contributed by atoms with E-state index in [1.165, 1.54) is 12.1 Å². The van der Waals surface area contributed by atoms with Crippen LogP contribution in [0.15, 0.2) is 54.7 Å². The van der Waals surface area contributed by atoms with Gasteiger partial charge in [-0.1, -0.05) is 24.3 Å². The van der Waals surface area contributed by atoms with E-state index in [0.717, 1.165) is 35.2 Å². The minimum atomic E-state index is -0.493. The van der Waals surface area contributed by atoms with E-state index in [1.807, 2.05) is 4.90 Å². The molecule has 2 heterocycles. The first-order valence-corrected chi connectivity index (χ1v) is 10.5. The van der Waals surface area contributed by atoms with Crippen molar-refractivity contribution in [3.8, 4) is 11.1 Å². The van der Waals surface area contributed by atoms with E-state index in [1.54, 1.807) is 42.6 Å². The van der Waals surface area contributed by atoms with Gasteiger partial charge in [-0.2, -0.15) is 0 Å². The van der Waals surface area contributed by atoms with E-state index in [4.69, 9.17) is 11.5 Å². The second-order valence-corrected chi connectivity index (χ2v) is 7.95. The largest absolute Gasteiger partial charge is 0.368 e. The minimum Gasteiger partial charge on any atom is -0.368 e. The standard InChI is InChI=1S/C24H24FN5O2/c25-19-9-3-15(4-10-19)12-21(31)30-11-1-2-18(14-30)22-20(13-28-24(27)29-22)16-5-7-17(8-6-16)23(26)32/h3-10,13,18H,1-2,11-12,14H2,(H2,26,32)(H2,27,28,29)/t18-/m0/s1. The van der Waals surface area contributed by atoms with Gasteiger partial charge >= 0.3 is 0 Å². The number of aromatic nitrogens is 2. The number of nitrogens with two attached hydrogens (primary N) is 2. The van der Waals surface area contributed by atoms with Gasteiger partial charge in [0.2, 0.25) is 17.8 Å². The lowest BCUT2D eigenvalue weighted by Gasteiger charge is -2.33. The first-order chi connectivity index (χ1) is 15.4. The number of rotatable bonds is 5. The molecule has 1 atom stereocenters. The van der Waals surface area contributed by atoms with Crippen molar-refractivity contribution in [2.75, 3.05) is 18.8 Å². The average molecular weight is 433 g/mol. The maximum Gasteiger partial charge on any atom is 0.248 e.